The van der Waals surface area contributed by atoms with Gasteiger partial charge in [0, 0.05) is 37.0 Å². The molecule has 0 aromatic rings. The maximum Gasteiger partial charge on any atom is 0.226 e. The Morgan fingerprint density at radius 2 is 1.48 bits per heavy atom. The van der Waals surface area contributed by atoms with Gasteiger partial charge in [-0.3, -0.25) is 9.59 Å². The smallest absolute Gasteiger partial charge is 0.226 e. The van der Waals surface area contributed by atoms with Crippen molar-refractivity contribution in [3.8, 4) is 0 Å². The van der Waals surface area contributed by atoms with Gasteiger partial charge in [-0.2, -0.15) is 0 Å². The van der Waals surface area contributed by atoms with Crippen LogP contribution in [-0.4, -0.2) is 46.8 Å². The largest absolute Gasteiger partial charge is 0.342 e. The molecule has 4 nitrogen and oxygen atoms in total. The lowest BCUT2D eigenvalue weighted by Gasteiger charge is -2.38. The molecule has 2 amide bonds. The molecule has 2 aliphatic heterocycles. The molecule has 4 fully saturated rings. The van der Waals surface area contributed by atoms with E-state index in [1.54, 1.807) is 0 Å². The molecule has 3 unspecified atom stereocenters. The molecular formula is C19H30N2O2. The number of amides is 2. The third-order valence-electron chi connectivity index (χ3n) is 6.68. The van der Waals surface area contributed by atoms with Crippen LogP contribution in [0.2, 0.25) is 0 Å². The van der Waals surface area contributed by atoms with E-state index >= 15 is 0 Å². The molecule has 2 saturated heterocycles. The third-order valence-corrected chi connectivity index (χ3v) is 6.68. The molecule has 3 atom stereocenters. The zero-order valence-corrected chi connectivity index (χ0v) is 14.4. The number of nitrogens with zero attached hydrogens (tertiary/aromatic N) is 2. The lowest BCUT2D eigenvalue weighted by molar-refractivity contribution is -0.143. The highest BCUT2D eigenvalue weighted by molar-refractivity contribution is 5.82. The Hall–Kier alpha value is -1.06. The van der Waals surface area contributed by atoms with Crippen LogP contribution >= 0.6 is 0 Å². The number of hydrogen-bond acceptors (Lipinski definition) is 2. The van der Waals surface area contributed by atoms with Crippen LogP contribution in [0.15, 0.2) is 0 Å². The highest BCUT2D eigenvalue weighted by Gasteiger charge is 2.45. The molecular weight excluding hydrogens is 288 g/mol. The molecule has 0 radical (unpaired) electrons. The van der Waals surface area contributed by atoms with Crippen molar-refractivity contribution in [2.75, 3.05) is 13.1 Å². The van der Waals surface area contributed by atoms with E-state index < -0.39 is 0 Å². The Labute approximate surface area is 139 Å². The highest BCUT2D eigenvalue weighted by Crippen LogP contribution is 2.41. The van der Waals surface area contributed by atoms with Gasteiger partial charge in [0.05, 0.1) is 0 Å². The third kappa shape index (κ3) is 2.89. The molecule has 4 heteroatoms. The second kappa shape index (κ2) is 6.10. The maximum atomic E-state index is 13.1. The average molecular weight is 318 g/mol. The van der Waals surface area contributed by atoms with Gasteiger partial charge < -0.3 is 9.80 Å². The minimum atomic E-state index is 0.154. The van der Waals surface area contributed by atoms with Crippen molar-refractivity contribution < 1.29 is 9.59 Å². The van der Waals surface area contributed by atoms with Crippen LogP contribution in [0, 0.1) is 17.8 Å². The summed E-state index contributed by atoms with van der Waals surface area (Å²) >= 11 is 0. The standard InChI is InChI=1S/C19H30N2O2/c1-13-12-16-4-2-3-5-17(16)21(13)19(23)15-8-10-20(11-9-15)18(22)14-6-7-14/h13-17H,2-12H2,1H3. The van der Waals surface area contributed by atoms with Crippen molar-refractivity contribution in [1.29, 1.82) is 0 Å². The summed E-state index contributed by atoms with van der Waals surface area (Å²) in [6.45, 7) is 3.83. The van der Waals surface area contributed by atoms with Crippen molar-refractivity contribution in [2.45, 2.75) is 76.8 Å². The van der Waals surface area contributed by atoms with Crippen molar-refractivity contribution in [3.05, 3.63) is 0 Å². The topological polar surface area (TPSA) is 40.6 Å². The Balaban J connectivity index is 1.36. The zero-order valence-electron chi connectivity index (χ0n) is 14.4. The van der Waals surface area contributed by atoms with E-state index in [1.807, 2.05) is 4.90 Å². The predicted octanol–water partition coefficient (Wildman–Crippen LogP) is 2.81. The van der Waals surface area contributed by atoms with E-state index in [-0.39, 0.29) is 5.92 Å². The van der Waals surface area contributed by atoms with Crippen molar-refractivity contribution in [3.63, 3.8) is 0 Å². The molecule has 0 N–H and O–H groups in total. The first-order chi connectivity index (χ1) is 11.1. The number of fused-ring (bicyclic) bond motifs is 1. The summed E-state index contributed by atoms with van der Waals surface area (Å²) in [7, 11) is 0. The van der Waals surface area contributed by atoms with Crippen LogP contribution in [0.5, 0.6) is 0 Å². The Morgan fingerprint density at radius 3 is 2.17 bits per heavy atom. The first kappa shape index (κ1) is 15.5. The summed E-state index contributed by atoms with van der Waals surface area (Å²) < 4.78 is 0. The quantitative estimate of drug-likeness (QED) is 0.785. The molecule has 0 spiro atoms. The van der Waals surface area contributed by atoms with Gasteiger partial charge in [0.25, 0.3) is 0 Å². The molecule has 2 aliphatic carbocycles. The van der Waals surface area contributed by atoms with Gasteiger partial charge in [0.1, 0.15) is 0 Å². The minimum Gasteiger partial charge on any atom is -0.342 e. The van der Waals surface area contributed by atoms with E-state index in [1.165, 1.54) is 32.1 Å². The number of rotatable bonds is 2. The van der Waals surface area contributed by atoms with Gasteiger partial charge in [-0.15, -0.1) is 0 Å². The summed E-state index contributed by atoms with van der Waals surface area (Å²) in [5.74, 6) is 1.95. The Kier molecular flexibility index (Phi) is 4.10. The second-order valence-electron chi connectivity index (χ2n) is 8.32. The lowest BCUT2D eigenvalue weighted by atomic mass is 9.84. The van der Waals surface area contributed by atoms with Crippen LogP contribution in [0.4, 0.5) is 0 Å². The number of hydrogen-bond donors (Lipinski definition) is 0. The number of carbonyl (C=O) groups is 2. The summed E-state index contributed by atoms with van der Waals surface area (Å²) in [4.78, 5) is 29.5. The van der Waals surface area contributed by atoms with Crippen LogP contribution in [0.25, 0.3) is 0 Å². The first-order valence-corrected chi connectivity index (χ1v) is 9.76. The normalized spacial score (nSPS) is 35.3. The summed E-state index contributed by atoms with van der Waals surface area (Å²) in [5.41, 5.74) is 0. The molecule has 128 valence electrons. The summed E-state index contributed by atoms with van der Waals surface area (Å²) in [6.07, 6.45) is 10.2. The van der Waals surface area contributed by atoms with Gasteiger partial charge in [-0.1, -0.05) is 12.8 Å². The lowest BCUT2D eigenvalue weighted by Crippen LogP contribution is -2.49. The Morgan fingerprint density at radius 1 is 0.826 bits per heavy atom. The molecule has 2 heterocycles. The second-order valence-corrected chi connectivity index (χ2v) is 8.32. The summed E-state index contributed by atoms with van der Waals surface area (Å²) in [6, 6.07) is 0.930. The SMILES string of the molecule is CC1CC2CCCCC2N1C(=O)C1CCN(C(=O)C2CC2)CC1. The molecule has 4 aliphatic rings. The number of carbonyl (C=O) groups excluding carboxylic acids is 2. The fraction of sp³-hybridized carbons (Fsp3) is 0.895. The van der Waals surface area contributed by atoms with Crippen molar-refractivity contribution in [2.24, 2.45) is 17.8 Å². The molecule has 4 rings (SSSR count). The van der Waals surface area contributed by atoms with Crippen LogP contribution in [-0.2, 0) is 9.59 Å². The molecule has 23 heavy (non-hydrogen) atoms. The predicted molar refractivity (Wildman–Crippen MR) is 88.7 cm³/mol. The first-order valence-electron chi connectivity index (χ1n) is 9.76. The van der Waals surface area contributed by atoms with E-state index in [0.29, 0.717) is 29.8 Å². The van der Waals surface area contributed by atoms with Gasteiger partial charge in [0.2, 0.25) is 11.8 Å². The van der Waals surface area contributed by atoms with Crippen LogP contribution in [0.3, 0.4) is 0 Å². The van der Waals surface area contributed by atoms with Crippen molar-refractivity contribution >= 4 is 11.8 Å². The fourth-order valence-corrected chi connectivity index (χ4v) is 5.23. The van der Waals surface area contributed by atoms with Gasteiger partial charge >= 0.3 is 0 Å². The van der Waals surface area contributed by atoms with Gasteiger partial charge in [-0.25, -0.2) is 0 Å². The molecule has 2 saturated carbocycles. The Bertz CT molecular complexity index is 480. The van der Waals surface area contributed by atoms with Crippen LogP contribution in [0.1, 0.15) is 64.7 Å². The van der Waals surface area contributed by atoms with E-state index in [2.05, 4.69) is 11.8 Å². The zero-order chi connectivity index (χ0) is 16.0. The van der Waals surface area contributed by atoms with Crippen molar-refractivity contribution in [1.82, 2.24) is 9.80 Å². The van der Waals surface area contributed by atoms with E-state index in [4.69, 9.17) is 0 Å². The van der Waals surface area contributed by atoms with E-state index in [0.717, 1.165) is 44.7 Å². The maximum absolute atomic E-state index is 13.1. The molecule has 0 bridgehead atoms. The monoisotopic (exact) mass is 318 g/mol. The highest BCUT2D eigenvalue weighted by atomic mass is 16.2. The molecule has 0 aromatic carbocycles. The minimum absolute atomic E-state index is 0.154. The summed E-state index contributed by atoms with van der Waals surface area (Å²) in [5, 5.41) is 0. The number of likely N-dealkylation sites (tertiary alicyclic amines) is 2. The molecule has 0 aromatic heterocycles. The van der Waals surface area contributed by atoms with Gasteiger partial charge in [0.15, 0.2) is 0 Å². The fourth-order valence-electron chi connectivity index (χ4n) is 5.23. The van der Waals surface area contributed by atoms with E-state index in [9.17, 15) is 9.59 Å². The van der Waals surface area contributed by atoms with Crippen LogP contribution < -0.4 is 0 Å². The average Bonchev–Trinajstić information content (AvgIpc) is 3.36. The van der Waals surface area contributed by atoms with Gasteiger partial charge in [-0.05, 0) is 57.8 Å². The number of piperidine rings is 1.